The molecule has 0 radical (unpaired) electrons. The Kier molecular flexibility index (Phi) is 4.75. The van der Waals surface area contributed by atoms with E-state index in [0.717, 1.165) is 18.9 Å². The van der Waals surface area contributed by atoms with Crippen LogP contribution in [0.4, 0.5) is 18.9 Å². The lowest BCUT2D eigenvalue weighted by atomic mass is 10.1. The van der Waals surface area contributed by atoms with Gasteiger partial charge in [0.05, 0.1) is 11.4 Å². The summed E-state index contributed by atoms with van der Waals surface area (Å²) in [5.74, 6) is 0.626. The van der Waals surface area contributed by atoms with Gasteiger partial charge in [0.1, 0.15) is 0 Å². The van der Waals surface area contributed by atoms with E-state index in [-0.39, 0.29) is 0 Å². The fourth-order valence-electron chi connectivity index (χ4n) is 2.51. The Morgan fingerprint density at radius 2 is 1.86 bits per heavy atom. The Balaban J connectivity index is 2.01. The van der Waals surface area contributed by atoms with Crippen LogP contribution in [0.15, 0.2) is 24.3 Å². The molecule has 3 nitrogen and oxygen atoms in total. The molecule has 2 rings (SSSR count). The van der Waals surface area contributed by atoms with Crippen LogP contribution in [0.2, 0.25) is 0 Å². The van der Waals surface area contributed by atoms with Gasteiger partial charge in [-0.25, -0.2) is 0 Å². The van der Waals surface area contributed by atoms with Gasteiger partial charge in [-0.05, 0) is 24.6 Å². The lowest BCUT2D eigenvalue weighted by molar-refractivity contribution is -0.137. The first-order chi connectivity index (χ1) is 9.91. The molecule has 0 saturated carbocycles. The van der Waals surface area contributed by atoms with E-state index >= 15 is 0 Å². The Bertz CT molecular complexity index is 491. The smallest absolute Gasteiger partial charge is 0.368 e. The Hall–Kier alpha value is -1.72. The van der Waals surface area contributed by atoms with Gasteiger partial charge in [0, 0.05) is 38.3 Å². The van der Waals surface area contributed by atoms with Crippen LogP contribution in [0.3, 0.4) is 0 Å². The van der Waals surface area contributed by atoms with E-state index in [0.29, 0.717) is 37.7 Å². The predicted octanol–water partition coefficient (Wildman–Crippen LogP) is 3.60. The van der Waals surface area contributed by atoms with E-state index in [1.807, 2.05) is 16.7 Å². The summed E-state index contributed by atoms with van der Waals surface area (Å²) in [7, 11) is 0. The predicted molar refractivity (Wildman–Crippen MR) is 77.9 cm³/mol. The van der Waals surface area contributed by atoms with E-state index in [9.17, 15) is 13.2 Å². The minimum Gasteiger partial charge on any atom is -0.368 e. The molecule has 1 heterocycles. The highest BCUT2D eigenvalue weighted by molar-refractivity contribution is 5.79. The summed E-state index contributed by atoms with van der Waals surface area (Å²) in [5.41, 5.74) is -0.00680. The average Bonchev–Trinajstić information content (AvgIpc) is 2.47. The van der Waals surface area contributed by atoms with Crippen molar-refractivity contribution < 1.29 is 13.2 Å². The molecule has 116 valence electrons. The van der Waals surface area contributed by atoms with Crippen molar-refractivity contribution in [1.82, 2.24) is 4.90 Å². The van der Waals surface area contributed by atoms with Crippen LogP contribution < -0.4 is 4.90 Å². The molecule has 0 aromatic heterocycles. The summed E-state index contributed by atoms with van der Waals surface area (Å²) in [6.07, 6.45) is -2.61. The third kappa shape index (κ3) is 3.89. The van der Waals surface area contributed by atoms with Gasteiger partial charge in [-0.3, -0.25) is 5.41 Å². The first-order valence-corrected chi connectivity index (χ1v) is 7.16. The summed E-state index contributed by atoms with van der Waals surface area (Å²) in [4.78, 5) is 3.96. The first kappa shape index (κ1) is 15.7. The number of alkyl halides is 3. The Labute approximate surface area is 122 Å². The molecule has 1 aliphatic heterocycles. The van der Waals surface area contributed by atoms with Crippen molar-refractivity contribution in [2.45, 2.75) is 25.9 Å². The normalized spacial score (nSPS) is 16.2. The maximum atomic E-state index is 12.7. The molecule has 0 amide bonds. The van der Waals surface area contributed by atoms with Crippen molar-refractivity contribution in [3.8, 4) is 0 Å². The van der Waals surface area contributed by atoms with E-state index in [1.54, 1.807) is 6.07 Å². The topological polar surface area (TPSA) is 30.3 Å². The number of hydrogen-bond donors (Lipinski definition) is 1. The van der Waals surface area contributed by atoms with Crippen molar-refractivity contribution in [3.05, 3.63) is 29.8 Å². The molecule has 21 heavy (non-hydrogen) atoms. The number of halogens is 3. The highest BCUT2D eigenvalue weighted by Gasteiger charge is 2.31. The highest BCUT2D eigenvalue weighted by atomic mass is 19.4. The molecule has 1 N–H and O–H groups in total. The second kappa shape index (κ2) is 6.37. The van der Waals surface area contributed by atoms with E-state index in [1.165, 1.54) is 12.1 Å². The third-order valence-corrected chi connectivity index (χ3v) is 3.69. The molecular weight excluding hydrogens is 279 g/mol. The summed E-state index contributed by atoms with van der Waals surface area (Å²) < 4.78 is 38.2. The summed E-state index contributed by atoms with van der Waals surface area (Å²) in [5, 5.41) is 7.93. The second-order valence-electron chi connectivity index (χ2n) is 5.22. The number of nitrogens with one attached hydrogen (secondary N) is 1. The van der Waals surface area contributed by atoms with Crippen LogP contribution in [-0.2, 0) is 6.18 Å². The van der Waals surface area contributed by atoms with Gasteiger partial charge < -0.3 is 9.80 Å². The van der Waals surface area contributed by atoms with Gasteiger partial charge >= 0.3 is 6.18 Å². The maximum absolute atomic E-state index is 12.7. The zero-order valence-electron chi connectivity index (χ0n) is 12.1. The first-order valence-electron chi connectivity index (χ1n) is 7.16. The summed E-state index contributed by atoms with van der Waals surface area (Å²) in [6.45, 7) is 4.71. The van der Waals surface area contributed by atoms with Gasteiger partial charge in [0.2, 0.25) is 0 Å². The number of hydrogen-bond acceptors (Lipinski definition) is 2. The van der Waals surface area contributed by atoms with Crippen LogP contribution in [0.25, 0.3) is 0 Å². The molecule has 0 atom stereocenters. The van der Waals surface area contributed by atoms with Crippen LogP contribution >= 0.6 is 0 Å². The van der Waals surface area contributed by atoms with Crippen LogP contribution in [0, 0.1) is 5.41 Å². The molecule has 6 heteroatoms. The molecule has 0 aliphatic carbocycles. The van der Waals surface area contributed by atoms with Crippen molar-refractivity contribution in [3.63, 3.8) is 0 Å². The largest absolute Gasteiger partial charge is 0.416 e. The standard InChI is InChI=1S/C15H20F3N3/c1-2-4-14(19)21-9-7-20(8-10-21)13-6-3-5-12(11-13)15(16,17)18/h3,5-6,11,19H,2,4,7-10H2,1H3. The zero-order valence-corrected chi connectivity index (χ0v) is 12.1. The molecule has 1 saturated heterocycles. The highest BCUT2D eigenvalue weighted by Crippen LogP contribution is 2.31. The van der Waals surface area contributed by atoms with Gasteiger partial charge in [-0.2, -0.15) is 13.2 Å². The van der Waals surface area contributed by atoms with Crippen molar-refractivity contribution in [2.75, 3.05) is 31.1 Å². The zero-order chi connectivity index (χ0) is 15.5. The van der Waals surface area contributed by atoms with Crippen LogP contribution in [-0.4, -0.2) is 36.9 Å². The second-order valence-corrected chi connectivity index (χ2v) is 5.22. The Morgan fingerprint density at radius 1 is 1.19 bits per heavy atom. The quantitative estimate of drug-likeness (QED) is 0.683. The minimum absolute atomic E-state index is 0.603. The van der Waals surface area contributed by atoms with Gasteiger partial charge in [-0.1, -0.05) is 13.0 Å². The SMILES string of the molecule is CCCC(=N)N1CCN(c2cccc(C(F)(F)F)c2)CC1. The lowest BCUT2D eigenvalue weighted by Crippen LogP contribution is -2.48. The molecule has 1 fully saturated rings. The Morgan fingerprint density at radius 3 is 2.43 bits per heavy atom. The molecule has 0 spiro atoms. The number of amidine groups is 1. The van der Waals surface area contributed by atoms with Crippen molar-refractivity contribution in [2.24, 2.45) is 0 Å². The van der Waals surface area contributed by atoms with E-state index in [2.05, 4.69) is 0 Å². The fourth-order valence-corrected chi connectivity index (χ4v) is 2.51. The van der Waals surface area contributed by atoms with Crippen molar-refractivity contribution in [1.29, 1.82) is 5.41 Å². The maximum Gasteiger partial charge on any atom is 0.416 e. The summed E-state index contributed by atoms with van der Waals surface area (Å²) in [6, 6.07) is 5.45. The number of piperazine rings is 1. The number of rotatable bonds is 3. The van der Waals surface area contributed by atoms with Crippen LogP contribution in [0.5, 0.6) is 0 Å². The average molecular weight is 299 g/mol. The fraction of sp³-hybridized carbons (Fsp3) is 0.533. The van der Waals surface area contributed by atoms with Gasteiger partial charge in [0.15, 0.2) is 0 Å². The monoisotopic (exact) mass is 299 g/mol. The third-order valence-electron chi connectivity index (χ3n) is 3.69. The van der Waals surface area contributed by atoms with Gasteiger partial charge in [0.25, 0.3) is 0 Å². The van der Waals surface area contributed by atoms with E-state index < -0.39 is 11.7 Å². The molecular formula is C15H20F3N3. The number of anilines is 1. The molecule has 1 aromatic carbocycles. The van der Waals surface area contributed by atoms with Crippen LogP contribution in [0.1, 0.15) is 25.3 Å². The summed E-state index contributed by atoms with van der Waals surface area (Å²) >= 11 is 0. The molecule has 1 aliphatic rings. The molecule has 0 unspecified atom stereocenters. The number of benzene rings is 1. The molecule has 0 bridgehead atoms. The van der Waals surface area contributed by atoms with Gasteiger partial charge in [-0.15, -0.1) is 0 Å². The lowest BCUT2D eigenvalue weighted by Gasteiger charge is -2.37. The van der Waals surface area contributed by atoms with E-state index in [4.69, 9.17) is 5.41 Å². The molecule has 1 aromatic rings. The van der Waals surface area contributed by atoms with Crippen molar-refractivity contribution >= 4 is 11.5 Å². The minimum atomic E-state index is -4.30. The number of nitrogens with zero attached hydrogens (tertiary/aromatic N) is 2.